The summed E-state index contributed by atoms with van der Waals surface area (Å²) in [5, 5.41) is 0. The third-order valence-electron chi connectivity index (χ3n) is 2.22. The monoisotopic (exact) mass is 172 g/mol. The Balaban J connectivity index is 2.35. The Labute approximate surface area is 72.7 Å². The first kappa shape index (κ1) is 9.48. The van der Waals surface area contributed by atoms with Gasteiger partial charge in [-0.1, -0.05) is 0 Å². The van der Waals surface area contributed by atoms with E-state index in [2.05, 4.69) is 4.90 Å². The molecule has 1 aliphatic rings. The van der Waals surface area contributed by atoms with Crippen LogP contribution in [0.1, 0.15) is 12.8 Å². The number of likely N-dealkylation sites (tertiary alicyclic amines) is 1. The standard InChI is InChI=1S/C8H16N2O2/c1-12-6-7-3-2-4-10(7)5-8(9)11/h7H,2-6H2,1H3,(H2,9,11). The number of carbonyl (C=O) groups excluding carboxylic acids is 1. The van der Waals surface area contributed by atoms with E-state index in [0.29, 0.717) is 19.2 Å². The van der Waals surface area contributed by atoms with Gasteiger partial charge in [0.25, 0.3) is 0 Å². The van der Waals surface area contributed by atoms with Crippen LogP contribution in [0.15, 0.2) is 0 Å². The SMILES string of the molecule is COCC1CCCN1CC(N)=O. The summed E-state index contributed by atoms with van der Waals surface area (Å²) in [6.07, 6.45) is 2.25. The van der Waals surface area contributed by atoms with Crippen molar-refractivity contribution in [2.75, 3.05) is 26.8 Å². The largest absolute Gasteiger partial charge is 0.383 e. The van der Waals surface area contributed by atoms with Crippen LogP contribution in [0.5, 0.6) is 0 Å². The van der Waals surface area contributed by atoms with E-state index in [1.165, 1.54) is 0 Å². The van der Waals surface area contributed by atoms with Gasteiger partial charge in [-0.3, -0.25) is 9.69 Å². The van der Waals surface area contributed by atoms with Crippen LogP contribution >= 0.6 is 0 Å². The number of carbonyl (C=O) groups is 1. The molecule has 2 N–H and O–H groups in total. The molecule has 1 amide bonds. The number of nitrogens with two attached hydrogens (primary N) is 1. The molecule has 1 unspecified atom stereocenters. The maximum Gasteiger partial charge on any atom is 0.231 e. The maximum absolute atomic E-state index is 10.6. The Bertz CT molecular complexity index is 161. The Morgan fingerprint density at radius 1 is 1.75 bits per heavy atom. The summed E-state index contributed by atoms with van der Waals surface area (Å²) in [6.45, 7) is 2.04. The van der Waals surface area contributed by atoms with Gasteiger partial charge in [-0.05, 0) is 19.4 Å². The fourth-order valence-electron chi connectivity index (χ4n) is 1.68. The summed E-state index contributed by atoms with van der Waals surface area (Å²) in [5.74, 6) is -0.252. The minimum absolute atomic E-state index is 0.252. The maximum atomic E-state index is 10.6. The van der Waals surface area contributed by atoms with E-state index in [0.717, 1.165) is 19.4 Å². The molecule has 0 saturated carbocycles. The van der Waals surface area contributed by atoms with Crippen molar-refractivity contribution in [3.05, 3.63) is 0 Å². The molecule has 1 rings (SSSR count). The highest BCUT2D eigenvalue weighted by atomic mass is 16.5. The molecule has 4 heteroatoms. The van der Waals surface area contributed by atoms with Gasteiger partial charge in [-0.2, -0.15) is 0 Å². The minimum atomic E-state index is -0.252. The summed E-state index contributed by atoms with van der Waals surface area (Å²) in [5.41, 5.74) is 5.11. The number of amides is 1. The minimum Gasteiger partial charge on any atom is -0.383 e. The third kappa shape index (κ3) is 2.46. The van der Waals surface area contributed by atoms with Crippen molar-refractivity contribution < 1.29 is 9.53 Å². The molecule has 1 fully saturated rings. The second-order valence-electron chi connectivity index (χ2n) is 3.19. The van der Waals surface area contributed by atoms with Crippen LogP contribution in [-0.4, -0.2) is 43.7 Å². The lowest BCUT2D eigenvalue weighted by Gasteiger charge is -2.21. The highest BCUT2D eigenvalue weighted by molar-refractivity contribution is 5.76. The lowest BCUT2D eigenvalue weighted by molar-refractivity contribution is -0.119. The number of primary amides is 1. The van der Waals surface area contributed by atoms with E-state index in [4.69, 9.17) is 10.5 Å². The lowest BCUT2D eigenvalue weighted by Crippen LogP contribution is -2.39. The zero-order valence-corrected chi connectivity index (χ0v) is 7.45. The summed E-state index contributed by atoms with van der Waals surface area (Å²) in [7, 11) is 1.68. The molecule has 1 atom stereocenters. The molecule has 1 heterocycles. The Kier molecular flexibility index (Phi) is 3.49. The molecule has 0 aromatic carbocycles. The van der Waals surface area contributed by atoms with Crippen LogP contribution in [0.3, 0.4) is 0 Å². The highest BCUT2D eigenvalue weighted by Gasteiger charge is 2.24. The van der Waals surface area contributed by atoms with E-state index >= 15 is 0 Å². The molecule has 0 aliphatic carbocycles. The van der Waals surface area contributed by atoms with Crippen molar-refractivity contribution in [3.8, 4) is 0 Å². The fourth-order valence-corrected chi connectivity index (χ4v) is 1.68. The van der Waals surface area contributed by atoms with Gasteiger partial charge in [0.2, 0.25) is 5.91 Å². The molecule has 1 aliphatic heterocycles. The average molecular weight is 172 g/mol. The number of rotatable bonds is 4. The van der Waals surface area contributed by atoms with Crippen molar-refractivity contribution in [1.29, 1.82) is 0 Å². The van der Waals surface area contributed by atoms with Crippen molar-refractivity contribution >= 4 is 5.91 Å². The molecule has 1 saturated heterocycles. The van der Waals surface area contributed by atoms with Crippen LogP contribution in [-0.2, 0) is 9.53 Å². The van der Waals surface area contributed by atoms with E-state index in [-0.39, 0.29) is 5.91 Å². The van der Waals surface area contributed by atoms with Gasteiger partial charge in [0.1, 0.15) is 0 Å². The van der Waals surface area contributed by atoms with Gasteiger partial charge in [0, 0.05) is 13.2 Å². The first-order valence-electron chi connectivity index (χ1n) is 4.25. The van der Waals surface area contributed by atoms with Crippen molar-refractivity contribution in [2.45, 2.75) is 18.9 Å². The predicted molar refractivity (Wildman–Crippen MR) is 45.7 cm³/mol. The molecule has 0 spiro atoms. The van der Waals surface area contributed by atoms with Crippen LogP contribution in [0.25, 0.3) is 0 Å². The first-order valence-corrected chi connectivity index (χ1v) is 4.25. The second-order valence-corrected chi connectivity index (χ2v) is 3.19. The second kappa shape index (κ2) is 4.42. The Hall–Kier alpha value is -0.610. The fraction of sp³-hybridized carbons (Fsp3) is 0.875. The van der Waals surface area contributed by atoms with Gasteiger partial charge in [-0.25, -0.2) is 0 Å². The number of hydrogen-bond acceptors (Lipinski definition) is 3. The molecule has 0 bridgehead atoms. The topological polar surface area (TPSA) is 55.6 Å². The molecular weight excluding hydrogens is 156 g/mol. The smallest absolute Gasteiger partial charge is 0.231 e. The normalized spacial score (nSPS) is 24.6. The molecule has 4 nitrogen and oxygen atoms in total. The van der Waals surface area contributed by atoms with Crippen LogP contribution in [0, 0.1) is 0 Å². The molecule has 0 radical (unpaired) electrons. The van der Waals surface area contributed by atoms with E-state index in [1.54, 1.807) is 7.11 Å². The number of hydrogen-bond donors (Lipinski definition) is 1. The molecular formula is C8H16N2O2. The van der Waals surface area contributed by atoms with Crippen LogP contribution < -0.4 is 5.73 Å². The molecule has 0 aromatic rings. The lowest BCUT2D eigenvalue weighted by atomic mass is 10.2. The predicted octanol–water partition coefficient (Wildman–Crippen LogP) is -0.417. The first-order chi connectivity index (χ1) is 5.74. The zero-order valence-electron chi connectivity index (χ0n) is 7.45. The summed E-state index contributed by atoms with van der Waals surface area (Å²) in [6, 6.07) is 0.391. The van der Waals surface area contributed by atoms with Gasteiger partial charge >= 0.3 is 0 Å². The molecule has 0 aromatic heterocycles. The summed E-state index contributed by atoms with van der Waals surface area (Å²) >= 11 is 0. The van der Waals surface area contributed by atoms with E-state index in [1.807, 2.05) is 0 Å². The summed E-state index contributed by atoms with van der Waals surface area (Å²) < 4.78 is 5.04. The van der Waals surface area contributed by atoms with Gasteiger partial charge in [0.15, 0.2) is 0 Å². The van der Waals surface area contributed by atoms with E-state index < -0.39 is 0 Å². The molecule has 12 heavy (non-hydrogen) atoms. The Morgan fingerprint density at radius 2 is 2.50 bits per heavy atom. The number of methoxy groups -OCH3 is 1. The van der Waals surface area contributed by atoms with Gasteiger partial charge in [-0.15, -0.1) is 0 Å². The van der Waals surface area contributed by atoms with Crippen LogP contribution in [0.4, 0.5) is 0 Å². The van der Waals surface area contributed by atoms with E-state index in [9.17, 15) is 4.79 Å². The van der Waals surface area contributed by atoms with Crippen LogP contribution in [0.2, 0.25) is 0 Å². The molecule has 70 valence electrons. The number of nitrogens with zero attached hydrogens (tertiary/aromatic N) is 1. The van der Waals surface area contributed by atoms with Crippen molar-refractivity contribution in [3.63, 3.8) is 0 Å². The average Bonchev–Trinajstić information content (AvgIpc) is 2.37. The zero-order chi connectivity index (χ0) is 8.97. The summed E-state index contributed by atoms with van der Waals surface area (Å²) in [4.78, 5) is 12.7. The van der Waals surface area contributed by atoms with Gasteiger partial charge in [0.05, 0.1) is 13.2 Å². The van der Waals surface area contributed by atoms with Crippen molar-refractivity contribution in [2.24, 2.45) is 5.73 Å². The third-order valence-corrected chi connectivity index (χ3v) is 2.22. The van der Waals surface area contributed by atoms with Crippen molar-refractivity contribution in [1.82, 2.24) is 4.90 Å². The number of ether oxygens (including phenoxy) is 1. The quantitative estimate of drug-likeness (QED) is 0.626. The Morgan fingerprint density at radius 3 is 3.08 bits per heavy atom. The highest BCUT2D eigenvalue weighted by Crippen LogP contribution is 2.16. The van der Waals surface area contributed by atoms with Gasteiger partial charge < -0.3 is 10.5 Å².